The van der Waals surface area contributed by atoms with Crippen molar-refractivity contribution in [1.29, 1.82) is 0 Å². The highest BCUT2D eigenvalue weighted by atomic mass is 14.9. The summed E-state index contributed by atoms with van der Waals surface area (Å²) in [6.45, 7) is 28.1. The molecule has 0 aliphatic heterocycles. The maximum absolute atomic E-state index is 3.99. The van der Waals surface area contributed by atoms with E-state index in [4.69, 9.17) is 0 Å². The van der Waals surface area contributed by atoms with Crippen LogP contribution in [-0.4, -0.2) is 12.6 Å². The van der Waals surface area contributed by atoms with Crippen LogP contribution in [0.15, 0.2) is 0 Å². The van der Waals surface area contributed by atoms with Crippen LogP contribution < -0.4 is 5.32 Å². The summed E-state index contributed by atoms with van der Waals surface area (Å²) in [5, 5.41) is 3.99. The van der Waals surface area contributed by atoms with Gasteiger partial charge in [-0.1, -0.05) is 134 Å². The summed E-state index contributed by atoms with van der Waals surface area (Å²) in [7, 11) is 0. The van der Waals surface area contributed by atoms with Crippen LogP contribution in [0.1, 0.15) is 179 Å². The molecule has 0 aromatic carbocycles. The molecule has 0 saturated heterocycles. The molecule has 0 aromatic heterocycles. The van der Waals surface area contributed by atoms with E-state index in [0.29, 0.717) is 10.8 Å². The molecule has 38 heavy (non-hydrogen) atoms. The average molecular weight is 534 g/mol. The Bertz CT molecular complexity index is 572. The van der Waals surface area contributed by atoms with E-state index >= 15 is 0 Å². The monoisotopic (exact) mass is 534 g/mol. The second kappa shape index (κ2) is 18.4. The highest BCUT2D eigenvalue weighted by Crippen LogP contribution is 2.38. The SMILES string of the molecule is CCCC(CCCCC(C)C(C)CC(CCC)C(C)(C)C)CC1CCC(NCC(C)CC(C)(C)CCC)C1. The fourth-order valence-electron chi connectivity index (χ4n) is 8.01. The first-order valence-corrected chi connectivity index (χ1v) is 17.5. The molecule has 1 fully saturated rings. The maximum Gasteiger partial charge on any atom is 0.00699 e. The number of unbranched alkanes of at least 4 members (excludes halogenated alkanes) is 1. The Balaban J connectivity index is 2.35. The molecule has 0 aromatic rings. The van der Waals surface area contributed by atoms with E-state index in [2.05, 4.69) is 81.5 Å². The summed E-state index contributed by atoms with van der Waals surface area (Å²) in [6.07, 6.45) is 22.6. The fourth-order valence-corrected chi connectivity index (χ4v) is 8.01. The van der Waals surface area contributed by atoms with Crippen molar-refractivity contribution in [2.24, 2.45) is 46.3 Å². The third kappa shape index (κ3) is 15.1. The highest BCUT2D eigenvalue weighted by Gasteiger charge is 2.29. The molecule has 1 saturated carbocycles. The maximum atomic E-state index is 3.99. The number of nitrogens with one attached hydrogen (secondary N) is 1. The summed E-state index contributed by atoms with van der Waals surface area (Å²) in [6, 6.07) is 0.783. The van der Waals surface area contributed by atoms with Crippen LogP contribution in [0.25, 0.3) is 0 Å². The van der Waals surface area contributed by atoms with Gasteiger partial charge in [0, 0.05) is 6.04 Å². The molecule has 0 spiro atoms. The van der Waals surface area contributed by atoms with Gasteiger partial charge in [-0.3, -0.25) is 0 Å². The largest absolute Gasteiger partial charge is 0.314 e. The van der Waals surface area contributed by atoms with Gasteiger partial charge in [0.1, 0.15) is 0 Å². The van der Waals surface area contributed by atoms with Crippen molar-refractivity contribution in [3.63, 3.8) is 0 Å². The Hall–Kier alpha value is -0.0400. The lowest BCUT2D eigenvalue weighted by Crippen LogP contribution is -2.32. The molecule has 7 atom stereocenters. The topological polar surface area (TPSA) is 12.0 Å². The lowest BCUT2D eigenvalue weighted by Gasteiger charge is -2.34. The van der Waals surface area contributed by atoms with Gasteiger partial charge in [0.2, 0.25) is 0 Å². The predicted molar refractivity (Wildman–Crippen MR) is 174 cm³/mol. The molecule has 0 radical (unpaired) electrons. The van der Waals surface area contributed by atoms with Crippen LogP contribution in [0.4, 0.5) is 0 Å². The van der Waals surface area contributed by atoms with E-state index < -0.39 is 0 Å². The quantitative estimate of drug-likeness (QED) is 0.145. The first-order valence-electron chi connectivity index (χ1n) is 17.5. The van der Waals surface area contributed by atoms with Crippen molar-refractivity contribution in [1.82, 2.24) is 5.32 Å². The van der Waals surface area contributed by atoms with Crippen molar-refractivity contribution in [3.05, 3.63) is 0 Å². The van der Waals surface area contributed by atoms with Gasteiger partial charge in [-0.2, -0.15) is 0 Å². The van der Waals surface area contributed by atoms with Crippen molar-refractivity contribution in [3.8, 4) is 0 Å². The lowest BCUT2D eigenvalue weighted by atomic mass is 9.71. The van der Waals surface area contributed by atoms with Gasteiger partial charge in [-0.25, -0.2) is 0 Å². The van der Waals surface area contributed by atoms with E-state index in [1.165, 1.54) is 109 Å². The summed E-state index contributed by atoms with van der Waals surface area (Å²) in [4.78, 5) is 0. The Morgan fingerprint density at radius 1 is 0.763 bits per heavy atom. The standard InChI is InChI=1S/C37H75N/c1-12-17-32(20-16-15-19-30(5)31(6)24-34(18-13-2)36(7,8)9)25-33-21-22-35(26-33)38-28-29(4)27-37(10,11)23-14-3/h29-35,38H,12-28H2,1-11H3. The van der Waals surface area contributed by atoms with Crippen molar-refractivity contribution in [2.75, 3.05) is 6.54 Å². The summed E-state index contributed by atoms with van der Waals surface area (Å²) in [5.41, 5.74) is 0.955. The smallest absolute Gasteiger partial charge is 0.00699 e. The number of hydrogen-bond donors (Lipinski definition) is 1. The zero-order valence-corrected chi connectivity index (χ0v) is 28.6. The van der Waals surface area contributed by atoms with E-state index in [0.717, 1.165) is 41.5 Å². The van der Waals surface area contributed by atoms with Gasteiger partial charge in [-0.05, 0) is 97.8 Å². The molecule has 1 N–H and O–H groups in total. The predicted octanol–water partition coefficient (Wildman–Crippen LogP) is 12.1. The zero-order valence-electron chi connectivity index (χ0n) is 28.6. The van der Waals surface area contributed by atoms with Crippen LogP contribution in [-0.2, 0) is 0 Å². The highest BCUT2D eigenvalue weighted by molar-refractivity contribution is 4.84. The van der Waals surface area contributed by atoms with Crippen LogP contribution in [0.2, 0.25) is 0 Å². The Morgan fingerprint density at radius 3 is 2.03 bits per heavy atom. The van der Waals surface area contributed by atoms with Crippen molar-refractivity contribution >= 4 is 0 Å². The van der Waals surface area contributed by atoms with Gasteiger partial charge < -0.3 is 5.32 Å². The molecule has 1 heteroatoms. The molecule has 1 aliphatic rings. The minimum Gasteiger partial charge on any atom is -0.314 e. The van der Waals surface area contributed by atoms with Crippen LogP contribution in [0.3, 0.4) is 0 Å². The first-order chi connectivity index (χ1) is 17.8. The van der Waals surface area contributed by atoms with Gasteiger partial charge >= 0.3 is 0 Å². The molecular weight excluding hydrogens is 458 g/mol. The molecule has 1 nitrogen and oxygen atoms in total. The van der Waals surface area contributed by atoms with Gasteiger partial charge in [0.05, 0.1) is 0 Å². The normalized spacial score (nSPS) is 22.8. The van der Waals surface area contributed by atoms with Crippen LogP contribution in [0, 0.1) is 46.3 Å². The third-order valence-electron chi connectivity index (χ3n) is 10.5. The Morgan fingerprint density at radius 2 is 1.42 bits per heavy atom. The van der Waals surface area contributed by atoms with Crippen LogP contribution in [0.5, 0.6) is 0 Å². The van der Waals surface area contributed by atoms with E-state index in [9.17, 15) is 0 Å². The Kier molecular flexibility index (Phi) is 17.4. The average Bonchev–Trinajstić information content (AvgIpc) is 3.26. The zero-order chi connectivity index (χ0) is 28.8. The van der Waals surface area contributed by atoms with Crippen molar-refractivity contribution in [2.45, 2.75) is 185 Å². The minimum atomic E-state index is 0.454. The van der Waals surface area contributed by atoms with Gasteiger partial charge in [-0.15, -0.1) is 0 Å². The minimum absolute atomic E-state index is 0.454. The third-order valence-corrected chi connectivity index (χ3v) is 10.5. The lowest BCUT2D eigenvalue weighted by molar-refractivity contribution is 0.162. The summed E-state index contributed by atoms with van der Waals surface area (Å²) < 4.78 is 0. The molecule has 228 valence electrons. The summed E-state index contributed by atoms with van der Waals surface area (Å²) >= 11 is 0. The van der Waals surface area contributed by atoms with E-state index in [1.807, 2.05) is 0 Å². The molecule has 1 aliphatic carbocycles. The van der Waals surface area contributed by atoms with E-state index in [-0.39, 0.29) is 0 Å². The molecule has 0 bridgehead atoms. The van der Waals surface area contributed by atoms with E-state index in [1.54, 1.807) is 0 Å². The fraction of sp³-hybridized carbons (Fsp3) is 1.00. The second-order valence-corrected chi connectivity index (χ2v) is 16.2. The van der Waals surface area contributed by atoms with Crippen LogP contribution >= 0.6 is 0 Å². The van der Waals surface area contributed by atoms with Gasteiger partial charge in [0.15, 0.2) is 0 Å². The molecular formula is C37H75N. The number of rotatable bonds is 21. The molecule has 0 heterocycles. The summed E-state index contributed by atoms with van der Waals surface area (Å²) in [5.74, 6) is 5.35. The molecule has 0 amide bonds. The Labute approximate surface area is 242 Å². The molecule has 1 rings (SSSR count). The molecule has 7 unspecified atom stereocenters. The first kappa shape index (κ1) is 36.0. The second-order valence-electron chi connectivity index (χ2n) is 16.2. The number of hydrogen-bond acceptors (Lipinski definition) is 1. The van der Waals surface area contributed by atoms with Gasteiger partial charge in [0.25, 0.3) is 0 Å². The van der Waals surface area contributed by atoms with Crippen molar-refractivity contribution < 1.29 is 0 Å².